The van der Waals surface area contributed by atoms with Crippen molar-refractivity contribution in [3.8, 4) is 5.75 Å². The largest absolute Gasteiger partial charge is 0.489 e. The third-order valence-electron chi connectivity index (χ3n) is 2.95. The van der Waals surface area contributed by atoms with Crippen molar-refractivity contribution in [3.05, 3.63) is 64.1 Å². The molecule has 0 spiro atoms. The smallest absolute Gasteiger partial charge is 0.303 e. The van der Waals surface area contributed by atoms with Gasteiger partial charge in [0, 0.05) is 11.4 Å². The molecule has 0 heterocycles. The van der Waals surface area contributed by atoms with Crippen molar-refractivity contribution >= 4 is 21.9 Å². The number of hydrogen-bond donors (Lipinski definition) is 0. The Balaban J connectivity index is 2.09. The van der Waals surface area contributed by atoms with Gasteiger partial charge in [-0.3, -0.25) is 4.79 Å². The van der Waals surface area contributed by atoms with Gasteiger partial charge in [0.25, 0.3) is 0 Å². The Morgan fingerprint density at radius 1 is 1.19 bits per heavy atom. The van der Waals surface area contributed by atoms with Crippen LogP contribution in [0.5, 0.6) is 5.75 Å². The predicted octanol–water partition coefficient (Wildman–Crippen LogP) is 4.65. The number of esters is 1. The van der Waals surface area contributed by atoms with E-state index in [0.717, 1.165) is 21.3 Å². The number of benzene rings is 2. The highest BCUT2D eigenvalue weighted by molar-refractivity contribution is 9.10. The van der Waals surface area contributed by atoms with Crippen LogP contribution in [0.3, 0.4) is 0 Å². The molecule has 4 heteroatoms. The molecule has 0 aromatic heterocycles. The third-order valence-corrected chi connectivity index (χ3v) is 3.41. The van der Waals surface area contributed by atoms with Gasteiger partial charge in [-0.25, -0.2) is 0 Å². The van der Waals surface area contributed by atoms with Crippen LogP contribution in [0.15, 0.2) is 53.0 Å². The van der Waals surface area contributed by atoms with Crippen molar-refractivity contribution in [2.75, 3.05) is 0 Å². The number of halogens is 1. The molecule has 2 aromatic rings. The van der Waals surface area contributed by atoms with Gasteiger partial charge in [0.05, 0.1) is 0 Å². The summed E-state index contributed by atoms with van der Waals surface area (Å²) >= 11 is 3.45. The summed E-state index contributed by atoms with van der Waals surface area (Å²) in [5, 5.41) is 0. The second-order valence-electron chi connectivity index (χ2n) is 4.75. The van der Waals surface area contributed by atoms with Gasteiger partial charge in [0.15, 0.2) is 0 Å². The van der Waals surface area contributed by atoms with Gasteiger partial charge in [-0.1, -0.05) is 46.3 Å². The average molecular weight is 349 g/mol. The Kier molecular flexibility index (Phi) is 5.39. The lowest BCUT2D eigenvalue weighted by atomic mass is 10.1. The normalized spacial score (nSPS) is 11.8. The summed E-state index contributed by atoms with van der Waals surface area (Å²) in [5.41, 5.74) is 2.00. The lowest BCUT2D eigenvalue weighted by Gasteiger charge is -2.14. The molecule has 0 amide bonds. The molecular formula is C17H17BrO3. The van der Waals surface area contributed by atoms with E-state index in [1.54, 1.807) is 0 Å². The van der Waals surface area contributed by atoms with Crippen LogP contribution < -0.4 is 4.74 Å². The average Bonchev–Trinajstić information content (AvgIpc) is 2.45. The van der Waals surface area contributed by atoms with Crippen LogP contribution in [-0.2, 0) is 16.1 Å². The van der Waals surface area contributed by atoms with Crippen LogP contribution in [0.1, 0.15) is 31.1 Å². The van der Waals surface area contributed by atoms with E-state index in [2.05, 4.69) is 15.9 Å². The SMILES string of the molecule is CC(=O)OC(C)c1cc(Br)cc(OCc2ccccc2)c1. The minimum Gasteiger partial charge on any atom is -0.489 e. The highest BCUT2D eigenvalue weighted by atomic mass is 79.9. The number of carbonyl (C=O) groups excluding carboxylic acids is 1. The number of ether oxygens (including phenoxy) is 2. The topological polar surface area (TPSA) is 35.5 Å². The first-order chi connectivity index (χ1) is 10.0. The molecular weight excluding hydrogens is 332 g/mol. The minimum absolute atomic E-state index is 0.297. The number of hydrogen-bond acceptors (Lipinski definition) is 3. The Morgan fingerprint density at radius 2 is 1.90 bits per heavy atom. The van der Waals surface area contributed by atoms with E-state index >= 15 is 0 Å². The molecule has 0 aliphatic carbocycles. The molecule has 21 heavy (non-hydrogen) atoms. The van der Waals surface area contributed by atoms with Crippen LogP contribution in [0.4, 0.5) is 0 Å². The van der Waals surface area contributed by atoms with Gasteiger partial charge in [0.2, 0.25) is 0 Å². The first kappa shape index (κ1) is 15.6. The fourth-order valence-corrected chi connectivity index (χ4v) is 2.45. The molecule has 0 bridgehead atoms. The Morgan fingerprint density at radius 3 is 2.57 bits per heavy atom. The maximum Gasteiger partial charge on any atom is 0.303 e. The molecule has 0 aliphatic heterocycles. The summed E-state index contributed by atoms with van der Waals surface area (Å²) in [5.74, 6) is 0.441. The zero-order valence-corrected chi connectivity index (χ0v) is 13.6. The maximum absolute atomic E-state index is 11.0. The number of rotatable bonds is 5. The quantitative estimate of drug-likeness (QED) is 0.737. The van der Waals surface area contributed by atoms with Crippen molar-refractivity contribution in [1.82, 2.24) is 0 Å². The maximum atomic E-state index is 11.0. The van der Waals surface area contributed by atoms with Crippen LogP contribution in [0.25, 0.3) is 0 Å². The lowest BCUT2D eigenvalue weighted by molar-refractivity contribution is -0.145. The van der Waals surface area contributed by atoms with E-state index in [-0.39, 0.29) is 12.1 Å². The third kappa shape index (κ3) is 4.90. The molecule has 1 atom stereocenters. The van der Waals surface area contributed by atoms with Gasteiger partial charge in [-0.15, -0.1) is 0 Å². The summed E-state index contributed by atoms with van der Waals surface area (Å²) in [7, 11) is 0. The highest BCUT2D eigenvalue weighted by Gasteiger charge is 2.11. The van der Waals surface area contributed by atoms with E-state index in [9.17, 15) is 4.79 Å². The number of carbonyl (C=O) groups is 1. The molecule has 3 nitrogen and oxygen atoms in total. The highest BCUT2D eigenvalue weighted by Crippen LogP contribution is 2.27. The minimum atomic E-state index is -0.306. The molecule has 1 unspecified atom stereocenters. The first-order valence-corrected chi connectivity index (χ1v) is 7.48. The first-order valence-electron chi connectivity index (χ1n) is 6.69. The molecule has 0 saturated carbocycles. The molecule has 0 radical (unpaired) electrons. The van der Waals surface area contributed by atoms with Gasteiger partial charge < -0.3 is 9.47 Å². The van der Waals surface area contributed by atoms with Crippen molar-refractivity contribution in [2.24, 2.45) is 0 Å². The second-order valence-corrected chi connectivity index (χ2v) is 5.66. The second kappa shape index (κ2) is 7.27. The zero-order valence-electron chi connectivity index (χ0n) is 12.0. The fraction of sp³-hybridized carbons (Fsp3) is 0.235. The summed E-state index contributed by atoms with van der Waals surface area (Å²) in [6.07, 6.45) is -0.306. The molecule has 110 valence electrons. The van der Waals surface area contributed by atoms with Crippen molar-refractivity contribution in [1.29, 1.82) is 0 Å². The molecule has 0 fully saturated rings. The summed E-state index contributed by atoms with van der Waals surface area (Å²) in [4.78, 5) is 11.0. The Hall–Kier alpha value is -1.81. The van der Waals surface area contributed by atoms with Crippen LogP contribution in [0, 0.1) is 0 Å². The van der Waals surface area contributed by atoms with Crippen molar-refractivity contribution in [3.63, 3.8) is 0 Å². The van der Waals surface area contributed by atoms with Crippen molar-refractivity contribution < 1.29 is 14.3 Å². The van der Waals surface area contributed by atoms with Gasteiger partial charge in [0.1, 0.15) is 18.5 Å². The van der Waals surface area contributed by atoms with E-state index in [1.807, 2.05) is 55.5 Å². The summed E-state index contributed by atoms with van der Waals surface area (Å²) in [6, 6.07) is 15.7. The summed E-state index contributed by atoms with van der Waals surface area (Å²) < 4.78 is 11.9. The van der Waals surface area contributed by atoms with Crippen LogP contribution in [0.2, 0.25) is 0 Å². The van der Waals surface area contributed by atoms with Crippen LogP contribution in [-0.4, -0.2) is 5.97 Å². The van der Waals surface area contributed by atoms with Gasteiger partial charge in [-0.05, 0) is 36.2 Å². The standard InChI is InChI=1S/C17H17BrO3/c1-12(21-13(2)19)15-8-16(18)10-17(9-15)20-11-14-6-4-3-5-7-14/h3-10,12H,11H2,1-2H3. The Labute approximate surface area is 133 Å². The van der Waals surface area contributed by atoms with E-state index in [1.165, 1.54) is 6.92 Å². The monoisotopic (exact) mass is 348 g/mol. The van der Waals surface area contributed by atoms with E-state index < -0.39 is 0 Å². The Bertz CT molecular complexity index is 611. The van der Waals surface area contributed by atoms with E-state index in [0.29, 0.717) is 6.61 Å². The predicted molar refractivity (Wildman–Crippen MR) is 85.1 cm³/mol. The fourth-order valence-electron chi connectivity index (χ4n) is 1.96. The molecule has 0 aliphatic rings. The summed E-state index contributed by atoms with van der Waals surface area (Å²) in [6.45, 7) is 3.74. The van der Waals surface area contributed by atoms with E-state index in [4.69, 9.17) is 9.47 Å². The van der Waals surface area contributed by atoms with Crippen LogP contribution >= 0.6 is 15.9 Å². The molecule has 2 rings (SSSR count). The van der Waals surface area contributed by atoms with Gasteiger partial charge in [-0.2, -0.15) is 0 Å². The molecule has 0 N–H and O–H groups in total. The lowest BCUT2D eigenvalue weighted by Crippen LogP contribution is -2.05. The molecule has 0 saturated heterocycles. The molecule has 2 aromatic carbocycles. The zero-order chi connectivity index (χ0) is 15.2. The van der Waals surface area contributed by atoms with Crippen molar-refractivity contribution in [2.45, 2.75) is 26.6 Å². The van der Waals surface area contributed by atoms with Gasteiger partial charge >= 0.3 is 5.97 Å².